The van der Waals surface area contributed by atoms with Crippen LogP contribution < -0.4 is 5.46 Å². The van der Waals surface area contributed by atoms with E-state index in [0.717, 1.165) is 11.2 Å². The van der Waals surface area contributed by atoms with Crippen molar-refractivity contribution in [2.45, 2.75) is 0 Å². The van der Waals surface area contributed by atoms with Gasteiger partial charge in [0.05, 0.1) is 0 Å². The average Bonchev–Trinajstić information content (AvgIpc) is 2.57. The number of hydrogen-bond donors (Lipinski definition) is 0. The van der Waals surface area contributed by atoms with E-state index in [1.54, 1.807) is 0 Å². The lowest BCUT2D eigenvalue weighted by molar-refractivity contribution is 0.669. The Bertz CT molecular complexity index is 610. The van der Waals surface area contributed by atoms with Crippen LogP contribution in [-0.2, 0) is 0 Å². The maximum absolute atomic E-state index is 5.73. The van der Waals surface area contributed by atoms with E-state index in [1.165, 1.54) is 16.2 Å². The normalized spacial score (nSPS) is 11.1. The van der Waals surface area contributed by atoms with Gasteiger partial charge >= 0.3 is 0 Å². The van der Waals surface area contributed by atoms with E-state index in [-0.39, 0.29) is 0 Å². The molecular weight excluding hydrogens is 171 g/mol. The summed E-state index contributed by atoms with van der Waals surface area (Å²) in [6.45, 7) is 0. The van der Waals surface area contributed by atoms with Crippen LogP contribution in [0.5, 0.6) is 0 Å². The molecule has 14 heavy (non-hydrogen) atoms. The highest BCUT2D eigenvalue weighted by atomic mass is 16.3. The topological polar surface area (TPSA) is 13.1 Å². The molecule has 0 bridgehead atoms. The van der Waals surface area contributed by atoms with Crippen LogP contribution >= 0.6 is 0 Å². The molecule has 1 heterocycles. The molecule has 2 aromatic carbocycles. The summed E-state index contributed by atoms with van der Waals surface area (Å²) < 4.78 is 5.73. The second-order valence-electron chi connectivity index (χ2n) is 3.55. The predicted octanol–water partition coefficient (Wildman–Crippen LogP) is 1.84. The van der Waals surface area contributed by atoms with E-state index in [4.69, 9.17) is 4.42 Å². The zero-order valence-corrected chi connectivity index (χ0v) is 7.95. The zero-order chi connectivity index (χ0) is 9.54. The molecule has 2 heteroatoms. The van der Waals surface area contributed by atoms with Crippen LogP contribution in [0.3, 0.4) is 0 Å². The van der Waals surface area contributed by atoms with E-state index in [2.05, 4.69) is 20.0 Å². The molecule has 0 saturated heterocycles. The highest BCUT2D eigenvalue weighted by Crippen LogP contribution is 2.26. The molecule has 0 atom stereocenters. The van der Waals surface area contributed by atoms with Gasteiger partial charge in [-0.15, -0.1) is 0 Å². The van der Waals surface area contributed by atoms with Gasteiger partial charge in [-0.3, -0.25) is 0 Å². The van der Waals surface area contributed by atoms with Crippen molar-refractivity contribution >= 4 is 35.2 Å². The minimum absolute atomic E-state index is 0.969. The lowest BCUT2D eigenvalue weighted by Gasteiger charge is -1.93. The third-order valence-electron chi connectivity index (χ3n) is 2.61. The van der Waals surface area contributed by atoms with Gasteiger partial charge in [-0.1, -0.05) is 35.8 Å². The van der Waals surface area contributed by atoms with E-state index >= 15 is 0 Å². The van der Waals surface area contributed by atoms with Gasteiger partial charge in [0.1, 0.15) is 19.0 Å². The Morgan fingerprint density at radius 3 is 2.57 bits per heavy atom. The largest absolute Gasteiger partial charge is 0.456 e. The van der Waals surface area contributed by atoms with Gasteiger partial charge < -0.3 is 4.42 Å². The van der Waals surface area contributed by atoms with Crippen molar-refractivity contribution in [3.63, 3.8) is 0 Å². The summed E-state index contributed by atoms with van der Waals surface area (Å²) >= 11 is 0. The van der Waals surface area contributed by atoms with E-state index < -0.39 is 0 Å². The molecule has 0 N–H and O–H groups in total. The van der Waals surface area contributed by atoms with E-state index in [0.29, 0.717) is 0 Å². The quantitative estimate of drug-likeness (QED) is 0.481. The SMILES string of the molecule is Bc1cccc2oc3ccccc3c12. The van der Waals surface area contributed by atoms with Gasteiger partial charge in [0.2, 0.25) is 0 Å². The fourth-order valence-electron chi connectivity index (χ4n) is 1.95. The van der Waals surface area contributed by atoms with Crippen molar-refractivity contribution in [1.29, 1.82) is 0 Å². The first-order chi connectivity index (χ1) is 6.86. The molecule has 0 radical (unpaired) electrons. The highest BCUT2D eigenvalue weighted by Gasteiger charge is 2.06. The van der Waals surface area contributed by atoms with Gasteiger partial charge in [0.15, 0.2) is 0 Å². The molecule has 0 aliphatic heterocycles. The third kappa shape index (κ3) is 0.910. The fourth-order valence-corrected chi connectivity index (χ4v) is 1.95. The maximum atomic E-state index is 5.73. The number of hydrogen-bond acceptors (Lipinski definition) is 1. The van der Waals surface area contributed by atoms with Gasteiger partial charge in [-0.05, 0) is 12.1 Å². The Hall–Kier alpha value is -1.70. The summed E-state index contributed by atoms with van der Waals surface area (Å²) in [4.78, 5) is 0. The molecule has 0 aliphatic carbocycles. The van der Waals surface area contributed by atoms with Gasteiger partial charge in [0, 0.05) is 10.8 Å². The molecule has 0 amide bonds. The first-order valence-electron chi connectivity index (χ1n) is 4.73. The van der Waals surface area contributed by atoms with Crippen molar-refractivity contribution in [3.05, 3.63) is 42.5 Å². The molecular formula is C12H9BO. The molecule has 0 saturated carbocycles. The van der Waals surface area contributed by atoms with Gasteiger partial charge in [-0.2, -0.15) is 0 Å². The molecule has 0 fully saturated rings. The minimum Gasteiger partial charge on any atom is -0.456 e. The molecule has 0 aliphatic rings. The Balaban J connectivity index is 2.65. The average molecular weight is 180 g/mol. The maximum Gasteiger partial charge on any atom is 0.140 e. The monoisotopic (exact) mass is 180 g/mol. The van der Waals surface area contributed by atoms with Crippen LogP contribution in [0.15, 0.2) is 46.9 Å². The molecule has 3 rings (SSSR count). The Morgan fingerprint density at radius 2 is 1.64 bits per heavy atom. The second kappa shape index (κ2) is 2.64. The third-order valence-corrected chi connectivity index (χ3v) is 2.61. The Labute approximate surface area is 82.7 Å². The van der Waals surface area contributed by atoms with Gasteiger partial charge in [-0.25, -0.2) is 0 Å². The first-order valence-corrected chi connectivity index (χ1v) is 4.73. The number of para-hydroxylation sites is 1. The smallest absolute Gasteiger partial charge is 0.140 e. The number of benzene rings is 2. The summed E-state index contributed by atoms with van der Waals surface area (Å²) in [6, 6.07) is 14.3. The van der Waals surface area contributed by atoms with Crippen molar-refractivity contribution < 1.29 is 4.42 Å². The van der Waals surface area contributed by atoms with Crippen molar-refractivity contribution in [2.75, 3.05) is 0 Å². The standard InChI is InChI=1S/C12H9BO/c13-9-5-3-7-11-12(9)8-4-1-2-6-10(8)14-11/h1-7H,13H2. The van der Waals surface area contributed by atoms with Gasteiger partial charge in [0.25, 0.3) is 0 Å². The second-order valence-corrected chi connectivity index (χ2v) is 3.55. The molecule has 1 nitrogen and oxygen atoms in total. The number of fused-ring (bicyclic) bond motifs is 3. The molecule has 0 unspecified atom stereocenters. The van der Waals surface area contributed by atoms with Crippen LogP contribution in [0, 0.1) is 0 Å². The van der Waals surface area contributed by atoms with Crippen LogP contribution in [0.4, 0.5) is 0 Å². The van der Waals surface area contributed by atoms with Crippen LogP contribution in [-0.4, -0.2) is 7.85 Å². The number of furan rings is 1. The Kier molecular flexibility index (Phi) is 1.45. The summed E-state index contributed by atoms with van der Waals surface area (Å²) in [6.07, 6.45) is 0. The summed E-state index contributed by atoms with van der Waals surface area (Å²) in [7, 11) is 2.12. The number of rotatable bonds is 0. The molecule has 3 aromatic rings. The first kappa shape index (κ1) is 7.68. The Morgan fingerprint density at radius 1 is 0.857 bits per heavy atom. The molecule has 66 valence electrons. The fraction of sp³-hybridized carbons (Fsp3) is 0. The summed E-state index contributed by atoms with van der Waals surface area (Å²) in [5.74, 6) is 0. The van der Waals surface area contributed by atoms with Crippen molar-refractivity contribution in [3.8, 4) is 0 Å². The summed E-state index contributed by atoms with van der Waals surface area (Å²) in [5, 5.41) is 2.45. The zero-order valence-electron chi connectivity index (χ0n) is 7.95. The van der Waals surface area contributed by atoms with E-state index in [1.807, 2.05) is 30.3 Å². The van der Waals surface area contributed by atoms with Crippen molar-refractivity contribution in [1.82, 2.24) is 0 Å². The molecule has 1 aromatic heterocycles. The molecule has 0 spiro atoms. The van der Waals surface area contributed by atoms with Crippen molar-refractivity contribution in [2.24, 2.45) is 0 Å². The lowest BCUT2D eigenvalue weighted by atomic mass is 9.91. The minimum atomic E-state index is 0.969. The van der Waals surface area contributed by atoms with Crippen LogP contribution in [0.25, 0.3) is 21.9 Å². The van der Waals surface area contributed by atoms with E-state index in [9.17, 15) is 0 Å². The highest BCUT2D eigenvalue weighted by molar-refractivity contribution is 6.41. The summed E-state index contributed by atoms with van der Waals surface area (Å²) in [5.41, 5.74) is 3.22. The lowest BCUT2D eigenvalue weighted by Crippen LogP contribution is -2.00. The van der Waals surface area contributed by atoms with Crippen LogP contribution in [0.1, 0.15) is 0 Å². The van der Waals surface area contributed by atoms with Crippen LogP contribution in [0.2, 0.25) is 0 Å². The predicted molar refractivity (Wildman–Crippen MR) is 61.9 cm³/mol.